The molecule has 0 radical (unpaired) electrons. The van der Waals surface area contributed by atoms with Gasteiger partial charge in [0.05, 0.1) is 6.20 Å². The van der Waals surface area contributed by atoms with E-state index < -0.39 is 0 Å². The highest BCUT2D eigenvalue weighted by Gasteiger charge is 2.05. The molecule has 0 aliphatic heterocycles. The van der Waals surface area contributed by atoms with E-state index in [-0.39, 0.29) is 0 Å². The zero-order valence-corrected chi connectivity index (χ0v) is 11.0. The van der Waals surface area contributed by atoms with E-state index in [1.807, 2.05) is 25.3 Å². The Balaban J connectivity index is 2.21. The van der Waals surface area contributed by atoms with Crippen LogP contribution in [0.25, 0.3) is 0 Å². The molecule has 0 spiro atoms. The van der Waals surface area contributed by atoms with Crippen molar-refractivity contribution in [1.29, 1.82) is 0 Å². The summed E-state index contributed by atoms with van der Waals surface area (Å²) in [6.45, 7) is 6.15. The minimum Gasteiger partial charge on any atom is -0.331 e. The van der Waals surface area contributed by atoms with E-state index in [1.54, 1.807) is 10.9 Å². The van der Waals surface area contributed by atoms with Crippen molar-refractivity contribution < 1.29 is 0 Å². The van der Waals surface area contributed by atoms with Gasteiger partial charge in [-0.25, -0.2) is 4.68 Å². The van der Waals surface area contributed by atoms with Crippen molar-refractivity contribution in [3.05, 3.63) is 47.3 Å². The molecule has 0 bridgehead atoms. The predicted octanol–water partition coefficient (Wildman–Crippen LogP) is 3.05. The van der Waals surface area contributed by atoms with Crippen molar-refractivity contribution in [3.8, 4) is 0 Å². The second-order valence-electron chi connectivity index (χ2n) is 4.14. The lowest BCUT2D eigenvalue weighted by Crippen LogP contribution is -2.20. The molecule has 4 heteroatoms. The lowest BCUT2D eigenvalue weighted by atomic mass is 10.1. The average molecular weight is 245 g/mol. The first-order chi connectivity index (χ1) is 8.08. The van der Waals surface area contributed by atoms with Crippen LogP contribution in [0.1, 0.15) is 16.7 Å². The molecule has 3 nitrogen and oxygen atoms in total. The summed E-state index contributed by atoms with van der Waals surface area (Å²) in [7, 11) is 0. The molecule has 0 atom stereocenters. The monoisotopic (exact) mass is 245 g/mol. The summed E-state index contributed by atoms with van der Waals surface area (Å²) in [5.41, 5.74) is 4.58. The van der Waals surface area contributed by atoms with Crippen LogP contribution in [0.5, 0.6) is 0 Å². The molecule has 1 aromatic heterocycles. The molecule has 0 amide bonds. The Hall–Kier alpha value is -1.68. The molecule has 1 N–H and O–H groups in total. The maximum Gasteiger partial charge on any atom is 0.198 e. The number of anilines is 1. The second-order valence-corrected chi connectivity index (χ2v) is 4.53. The summed E-state index contributed by atoms with van der Waals surface area (Å²) in [5, 5.41) is 7.98. The fourth-order valence-electron chi connectivity index (χ4n) is 1.58. The first kappa shape index (κ1) is 11.8. The number of aryl methyl sites for hydroxylation is 2. The Morgan fingerprint density at radius 2 is 2.06 bits per heavy atom. The van der Waals surface area contributed by atoms with Crippen LogP contribution in [0, 0.1) is 20.8 Å². The van der Waals surface area contributed by atoms with Gasteiger partial charge < -0.3 is 5.32 Å². The summed E-state index contributed by atoms with van der Waals surface area (Å²) < 4.78 is 1.67. The third-order valence-electron chi connectivity index (χ3n) is 2.77. The summed E-state index contributed by atoms with van der Waals surface area (Å²) in [5.74, 6) is 0. The van der Waals surface area contributed by atoms with Crippen LogP contribution in [-0.2, 0) is 0 Å². The van der Waals surface area contributed by atoms with Crippen molar-refractivity contribution >= 4 is 23.0 Å². The van der Waals surface area contributed by atoms with Crippen molar-refractivity contribution in [2.45, 2.75) is 20.8 Å². The Kier molecular flexibility index (Phi) is 3.24. The molecule has 17 heavy (non-hydrogen) atoms. The highest BCUT2D eigenvalue weighted by Crippen LogP contribution is 2.18. The molecule has 0 saturated heterocycles. The molecule has 0 fully saturated rings. The van der Waals surface area contributed by atoms with E-state index in [9.17, 15) is 0 Å². The van der Waals surface area contributed by atoms with Gasteiger partial charge >= 0.3 is 0 Å². The van der Waals surface area contributed by atoms with Gasteiger partial charge in [-0.05, 0) is 55.7 Å². The van der Waals surface area contributed by atoms with Gasteiger partial charge in [-0.2, -0.15) is 5.10 Å². The molecule has 0 aliphatic carbocycles. The molecule has 1 heterocycles. The summed E-state index contributed by atoms with van der Waals surface area (Å²) in [6.07, 6.45) is 3.69. The van der Waals surface area contributed by atoms with E-state index in [4.69, 9.17) is 12.2 Å². The SMILES string of the molecule is Cc1cnn(C(=S)Nc2cccc(C)c2C)c1. The number of benzene rings is 1. The fraction of sp³-hybridized carbons (Fsp3) is 0.231. The fourth-order valence-corrected chi connectivity index (χ4v) is 1.79. The van der Waals surface area contributed by atoms with Crippen LogP contribution in [0.4, 0.5) is 5.69 Å². The number of hydrogen-bond donors (Lipinski definition) is 1. The number of thiocarbonyl (C=S) groups is 1. The first-order valence-corrected chi connectivity index (χ1v) is 5.87. The van der Waals surface area contributed by atoms with Gasteiger partial charge in [0.2, 0.25) is 0 Å². The van der Waals surface area contributed by atoms with E-state index in [1.165, 1.54) is 11.1 Å². The highest BCUT2D eigenvalue weighted by molar-refractivity contribution is 7.80. The number of nitrogens with zero attached hydrogens (tertiary/aromatic N) is 2. The molecule has 2 aromatic rings. The normalized spacial score (nSPS) is 10.3. The number of nitrogens with one attached hydrogen (secondary N) is 1. The van der Waals surface area contributed by atoms with Crippen LogP contribution in [0.15, 0.2) is 30.6 Å². The van der Waals surface area contributed by atoms with Gasteiger partial charge in [-0.1, -0.05) is 12.1 Å². The molecular weight excluding hydrogens is 230 g/mol. The third kappa shape index (κ3) is 2.53. The van der Waals surface area contributed by atoms with Gasteiger partial charge in [-0.3, -0.25) is 0 Å². The van der Waals surface area contributed by atoms with Gasteiger partial charge in [-0.15, -0.1) is 0 Å². The number of hydrogen-bond acceptors (Lipinski definition) is 2. The summed E-state index contributed by atoms with van der Waals surface area (Å²) in [4.78, 5) is 0. The maximum atomic E-state index is 5.31. The molecule has 88 valence electrons. The molecule has 0 aliphatic rings. The minimum absolute atomic E-state index is 0.590. The molecule has 1 aromatic carbocycles. The molecule has 2 rings (SSSR count). The van der Waals surface area contributed by atoms with Crippen LogP contribution in [-0.4, -0.2) is 14.9 Å². The third-order valence-corrected chi connectivity index (χ3v) is 3.06. The number of aromatic nitrogens is 2. The van der Waals surface area contributed by atoms with Crippen LogP contribution in [0.3, 0.4) is 0 Å². The standard InChI is InChI=1S/C13H15N3S/c1-9-7-14-16(8-9)13(17)15-12-6-4-5-10(2)11(12)3/h4-8H,1-3H3,(H,15,17). The van der Waals surface area contributed by atoms with Gasteiger partial charge in [0.25, 0.3) is 0 Å². The molecule has 0 unspecified atom stereocenters. The second kappa shape index (κ2) is 4.67. The smallest absolute Gasteiger partial charge is 0.198 e. The van der Waals surface area contributed by atoms with Crippen molar-refractivity contribution in [2.75, 3.05) is 5.32 Å². The highest BCUT2D eigenvalue weighted by atomic mass is 32.1. The number of rotatable bonds is 1. The first-order valence-electron chi connectivity index (χ1n) is 5.47. The lowest BCUT2D eigenvalue weighted by Gasteiger charge is -2.11. The van der Waals surface area contributed by atoms with Crippen molar-refractivity contribution in [1.82, 2.24) is 9.78 Å². The average Bonchev–Trinajstić information content (AvgIpc) is 2.72. The van der Waals surface area contributed by atoms with Gasteiger partial charge in [0, 0.05) is 11.9 Å². The van der Waals surface area contributed by atoms with Crippen molar-refractivity contribution in [3.63, 3.8) is 0 Å². The molecule has 0 saturated carbocycles. The Morgan fingerprint density at radius 3 is 2.71 bits per heavy atom. The minimum atomic E-state index is 0.590. The van der Waals surface area contributed by atoms with E-state index in [2.05, 4.69) is 30.3 Å². The van der Waals surface area contributed by atoms with Crippen molar-refractivity contribution in [2.24, 2.45) is 0 Å². The Labute approximate surface area is 106 Å². The maximum absolute atomic E-state index is 5.31. The van der Waals surface area contributed by atoms with Gasteiger partial charge in [0.15, 0.2) is 5.11 Å². The topological polar surface area (TPSA) is 29.9 Å². The van der Waals surface area contributed by atoms with E-state index in [0.29, 0.717) is 5.11 Å². The van der Waals surface area contributed by atoms with Crippen LogP contribution in [0.2, 0.25) is 0 Å². The predicted molar refractivity (Wildman–Crippen MR) is 74.5 cm³/mol. The van der Waals surface area contributed by atoms with E-state index in [0.717, 1.165) is 11.3 Å². The van der Waals surface area contributed by atoms with Gasteiger partial charge in [0.1, 0.15) is 0 Å². The Morgan fingerprint density at radius 1 is 1.29 bits per heavy atom. The van der Waals surface area contributed by atoms with Crippen LogP contribution >= 0.6 is 12.2 Å². The quantitative estimate of drug-likeness (QED) is 0.783. The zero-order chi connectivity index (χ0) is 12.4. The molecular formula is C13H15N3S. The van der Waals surface area contributed by atoms with Crippen LogP contribution < -0.4 is 5.32 Å². The zero-order valence-electron chi connectivity index (χ0n) is 10.2. The Bertz CT molecular complexity index is 558. The summed E-state index contributed by atoms with van der Waals surface area (Å²) in [6, 6.07) is 6.12. The van der Waals surface area contributed by atoms with E-state index >= 15 is 0 Å². The lowest BCUT2D eigenvalue weighted by molar-refractivity contribution is 0.946. The largest absolute Gasteiger partial charge is 0.331 e. The summed E-state index contributed by atoms with van der Waals surface area (Å²) >= 11 is 5.31.